The molecule has 3 nitrogen and oxygen atoms in total. The molecule has 0 radical (unpaired) electrons. The maximum atomic E-state index is 11.8. The molecule has 0 aromatic rings. The topological polar surface area (TPSA) is 43.4 Å². The molecule has 1 saturated heterocycles. The van der Waals surface area contributed by atoms with Gasteiger partial charge in [-0.15, -0.1) is 0 Å². The second-order valence-electron chi connectivity index (χ2n) is 4.53. The number of Topliss-reactive ketones (excluding diaryl/α,β-unsaturated/α-hetero) is 1. The molecule has 3 heteroatoms. The molecule has 1 fully saturated rings. The van der Waals surface area contributed by atoms with Crippen molar-refractivity contribution >= 4 is 12.1 Å². The summed E-state index contributed by atoms with van der Waals surface area (Å²) in [6.07, 6.45) is 5.31. The van der Waals surface area contributed by atoms with Gasteiger partial charge in [-0.1, -0.05) is 12.2 Å². The molecule has 2 heterocycles. The highest BCUT2D eigenvalue weighted by atomic mass is 16.5. The lowest BCUT2D eigenvalue weighted by atomic mass is 9.80. The molecule has 14 heavy (non-hydrogen) atoms. The van der Waals surface area contributed by atoms with Crippen LogP contribution in [0.5, 0.6) is 0 Å². The smallest absolute Gasteiger partial charge is 0.142 e. The lowest BCUT2D eigenvalue weighted by Gasteiger charge is -2.40. The normalized spacial score (nSPS) is 45.6. The highest BCUT2D eigenvalue weighted by Crippen LogP contribution is 2.45. The zero-order valence-corrected chi connectivity index (χ0v) is 8.45. The molecule has 0 aliphatic carbocycles. The van der Waals surface area contributed by atoms with Gasteiger partial charge in [-0.05, 0) is 13.8 Å². The van der Waals surface area contributed by atoms with E-state index in [1.807, 2.05) is 26.0 Å². The third-order valence-electron chi connectivity index (χ3n) is 3.16. The highest BCUT2D eigenvalue weighted by Gasteiger charge is 2.52. The molecule has 0 amide bonds. The maximum absolute atomic E-state index is 11.8. The molecule has 0 saturated carbocycles. The van der Waals surface area contributed by atoms with Crippen molar-refractivity contribution < 1.29 is 14.3 Å². The monoisotopic (exact) mass is 194 g/mol. The fourth-order valence-electron chi connectivity index (χ4n) is 2.44. The second-order valence-corrected chi connectivity index (χ2v) is 4.53. The van der Waals surface area contributed by atoms with Crippen LogP contribution in [-0.4, -0.2) is 23.3 Å². The minimum atomic E-state index is -0.564. The van der Waals surface area contributed by atoms with Crippen LogP contribution in [0.25, 0.3) is 0 Å². The summed E-state index contributed by atoms with van der Waals surface area (Å²) in [7, 11) is 0. The summed E-state index contributed by atoms with van der Waals surface area (Å²) < 4.78 is 5.82. The molecule has 0 aromatic heterocycles. The van der Waals surface area contributed by atoms with Crippen LogP contribution in [0.1, 0.15) is 26.7 Å². The van der Waals surface area contributed by atoms with Crippen LogP contribution in [0.3, 0.4) is 0 Å². The van der Waals surface area contributed by atoms with Crippen LogP contribution >= 0.6 is 0 Å². The van der Waals surface area contributed by atoms with E-state index in [0.29, 0.717) is 6.42 Å². The van der Waals surface area contributed by atoms with E-state index in [4.69, 9.17) is 4.74 Å². The minimum Gasteiger partial charge on any atom is -0.360 e. The van der Waals surface area contributed by atoms with Crippen LogP contribution in [0.15, 0.2) is 12.2 Å². The van der Waals surface area contributed by atoms with Crippen molar-refractivity contribution in [3.8, 4) is 0 Å². The largest absolute Gasteiger partial charge is 0.360 e. The maximum Gasteiger partial charge on any atom is 0.142 e. The molecule has 2 rings (SSSR count). The Morgan fingerprint density at radius 2 is 2.29 bits per heavy atom. The van der Waals surface area contributed by atoms with Crippen LogP contribution in [0.4, 0.5) is 0 Å². The van der Waals surface area contributed by atoms with E-state index in [1.54, 1.807) is 0 Å². The summed E-state index contributed by atoms with van der Waals surface area (Å²) in [6.45, 7) is 3.78. The highest BCUT2D eigenvalue weighted by molar-refractivity contribution is 5.87. The fourth-order valence-corrected chi connectivity index (χ4v) is 2.44. The Labute approximate surface area is 83.1 Å². The van der Waals surface area contributed by atoms with Crippen molar-refractivity contribution in [2.24, 2.45) is 5.92 Å². The molecule has 0 aromatic carbocycles. The van der Waals surface area contributed by atoms with E-state index < -0.39 is 11.2 Å². The summed E-state index contributed by atoms with van der Waals surface area (Å²) in [5.41, 5.74) is -1.00. The summed E-state index contributed by atoms with van der Waals surface area (Å²) in [5, 5.41) is 0. The summed E-state index contributed by atoms with van der Waals surface area (Å²) in [6, 6.07) is 0. The zero-order valence-electron chi connectivity index (χ0n) is 8.45. The summed E-state index contributed by atoms with van der Waals surface area (Å²) in [4.78, 5) is 22.3. The first-order valence-corrected chi connectivity index (χ1v) is 4.86. The van der Waals surface area contributed by atoms with Crippen molar-refractivity contribution in [3.05, 3.63) is 12.2 Å². The Kier molecular flexibility index (Phi) is 1.89. The first kappa shape index (κ1) is 9.59. The molecule has 2 bridgehead atoms. The number of fused-ring (bicyclic) bond motifs is 2. The molecule has 76 valence electrons. The number of hydrogen-bond acceptors (Lipinski definition) is 3. The third-order valence-corrected chi connectivity index (χ3v) is 3.16. The van der Waals surface area contributed by atoms with Crippen LogP contribution in [0, 0.1) is 5.92 Å². The van der Waals surface area contributed by atoms with Crippen LogP contribution in [0.2, 0.25) is 0 Å². The number of hydrogen-bond donors (Lipinski definition) is 0. The molecular weight excluding hydrogens is 180 g/mol. The number of carbonyl (C=O) groups excluding carboxylic acids is 2. The van der Waals surface area contributed by atoms with Crippen LogP contribution < -0.4 is 0 Å². The molecular formula is C11H14O3. The van der Waals surface area contributed by atoms with Gasteiger partial charge >= 0.3 is 0 Å². The van der Waals surface area contributed by atoms with Crippen molar-refractivity contribution in [2.45, 2.75) is 37.9 Å². The van der Waals surface area contributed by atoms with Gasteiger partial charge in [0.1, 0.15) is 12.1 Å². The first-order valence-electron chi connectivity index (χ1n) is 4.86. The van der Waals surface area contributed by atoms with Gasteiger partial charge < -0.3 is 9.53 Å². The molecule has 3 atom stereocenters. The lowest BCUT2D eigenvalue weighted by Crippen LogP contribution is -2.49. The number of aldehydes is 1. The summed E-state index contributed by atoms with van der Waals surface area (Å²) in [5.74, 6) is -0.162. The summed E-state index contributed by atoms with van der Waals surface area (Å²) >= 11 is 0. The van der Waals surface area contributed by atoms with Gasteiger partial charge in [-0.25, -0.2) is 0 Å². The van der Waals surface area contributed by atoms with Crippen molar-refractivity contribution in [1.29, 1.82) is 0 Å². The number of ether oxygens (including phenoxy) is 1. The van der Waals surface area contributed by atoms with E-state index in [9.17, 15) is 9.59 Å². The zero-order chi connectivity index (χ0) is 10.4. The Balaban J connectivity index is 2.32. The second kappa shape index (κ2) is 2.76. The van der Waals surface area contributed by atoms with Crippen molar-refractivity contribution in [2.75, 3.05) is 0 Å². The van der Waals surface area contributed by atoms with E-state index >= 15 is 0 Å². The SMILES string of the molecule is C[C@]12C=C[C@](C)(O1)C(CC=O)C(=O)C2. The number of carbonyl (C=O) groups is 2. The Bertz CT molecular complexity index is 320. The van der Waals surface area contributed by atoms with Gasteiger partial charge in [0, 0.05) is 12.8 Å². The van der Waals surface area contributed by atoms with Gasteiger partial charge in [0.05, 0.1) is 17.1 Å². The van der Waals surface area contributed by atoms with Crippen molar-refractivity contribution in [1.82, 2.24) is 0 Å². The van der Waals surface area contributed by atoms with E-state index in [-0.39, 0.29) is 18.1 Å². The molecule has 2 aliphatic heterocycles. The quantitative estimate of drug-likeness (QED) is 0.491. The fraction of sp³-hybridized carbons (Fsp3) is 0.636. The van der Waals surface area contributed by atoms with Crippen LogP contribution in [-0.2, 0) is 14.3 Å². The first-order chi connectivity index (χ1) is 6.49. The van der Waals surface area contributed by atoms with E-state index in [2.05, 4.69) is 0 Å². The van der Waals surface area contributed by atoms with Gasteiger partial charge in [0.25, 0.3) is 0 Å². The average Bonchev–Trinajstić information content (AvgIpc) is 2.34. The number of ketones is 1. The predicted molar refractivity (Wildman–Crippen MR) is 50.8 cm³/mol. The minimum absolute atomic E-state index is 0.137. The number of rotatable bonds is 2. The van der Waals surface area contributed by atoms with Crippen molar-refractivity contribution in [3.63, 3.8) is 0 Å². The van der Waals surface area contributed by atoms with Gasteiger partial charge in [0.2, 0.25) is 0 Å². The Morgan fingerprint density at radius 1 is 1.57 bits per heavy atom. The van der Waals surface area contributed by atoms with E-state index in [0.717, 1.165) is 6.29 Å². The predicted octanol–water partition coefficient (Wildman–Crippen LogP) is 1.27. The van der Waals surface area contributed by atoms with E-state index in [1.165, 1.54) is 0 Å². The lowest BCUT2D eigenvalue weighted by molar-refractivity contribution is -0.164. The van der Waals surface area contributed by atoms with Gasteiger partial charge in [-0.3, -0.25) is 4.79 Å². The van der Waals surface area contributed by atoms with Gasteiger partial charge in [0.15, 0.2) is 0 Å². The van der Waals surface area contributed by atoms with Gasteiger partial charge in [-0.2, -0.15) is 0 Å². The Hall–Kier alpha value is -0.960. The molecule has 1 unspecified atom stereocenters. The third kappa shape index (κ3) is 1.23. The molecule has 0 spiro atoms. The Morgan fingerprint density at radius 3 is 2.93 bits per heavy atom. The average molecular weight is 194 g/mol. The molecule has 0 N–H and O–H groups in total. The standard InChI is InChI=1S/C11H14O3/c1-10-4-5-11(2,14-10)8(3-6-12)9(13)7-10/h4-6,8H,3,7H2,1-2H3/t8?,10-,11+/m1/s1. The molecule has 2 aliphatic rings.